The van der Waals surface area contributed by atoms with E-state index in [-0.39, 0.29) is 0 Å². The van der Waals surface area contributed by atoms with Crippen LogP contribution in [-0.4, -0.2) is 42.7 Å². The number of rotatable bonds is 16. The Kier molecular flexibility index (Phi) is 25.1. The van der Waals surface area contributed by atoms with Crippen LogP contribution in [0.25, 0.3) is 0 Å². The van der Waals surface area contributed by atoms with Gasteiger partial charge in [0.25, 0.3) is 0 Å². The summed E-state index contributed by atoms with van der Waals surface area (Å²) in [5, 5.41) is 22.2. The lowest BCUT2D eigenvalue weighted by molar-refractivity contribution is -0.303. The van der Waals surface area contributed by atoms with Gasteiger partial charge in [0, 0.05) is 19.2 Å². The van der Waals surface area contributed by atoms with Gasteiger partial charge in [0.05, 0.1) is 30.8 Å². The van der Waals surface area contributed by atoms with Gasteiger partial charge in [-0.15, -0.1) is 0 Å². The Morgan fingerprint density at radius 2 is 0.696 bits per heavy atom. The first-order valence-electron chi connectivity index (χ1n) is 17.3. The fraction of sp³-hybridized carbons (Fsp3) is 0.500. The highest BCUT2D eigenvalue weighted by atomic mass is 31.2. The quantitative estimate of drug-likeness (QED) is 0.147. The molecule has 3 aromatic rings. The molecule has 0 fully saturated rings. The molecule has 0 atom stereocenters. The topological polar surface area (TPSA) is 80.3 Å². The molecular formula is C40H62O4P2. The van der Waals surface area contributed by atoms with Gasteiger partial charge in [-0.1, -0.05) is 108 Å². The lowest BCUT2D eigenvalue weighted by atomic mass is 10.4. The van der Waals surface area contributed by atoms with Crippen molar-refractivity contribution in [1.82, 2.24) is 0 Å². The maximum absolute atomic E-state index is 8.89. The summed E-state index contributed by atoms with van der Waals surface area (Å²) in [5.74, 6) is -2.17. The molecule has 3 rings (SSSR count). The van der Waals surface area contributed by atoms with Gasteiger partial charge in [-0.3, -0.25) is 0 Å². The van der Waals surface area contributed by atoms with E-state index in [2.05, 4.69) is 126 Å². The predicted molar refractivity (Wildman–Crippen MR) is 203 cm³/mol. The summed E-state index contributed by atoms with van der Waals surface area (Å²) in [7, 11) is -2.10. The van der Waals surface area contributed by atoms with E-state index in [9.17, 15) is 0 Å². The SMILES string of the molecule is CC(=O)[O-].CC(=O)[O-].CCCC[P+](CCCC)(CCCC)CCCC.CC[P+](c1ccccc1)(c1ccccc1)c1ccccc1. The molecule has 0 N–H and O–H groups in total. The van der Waals surface area contributed by atoms with Crippen molar-refractivity contribution in [3.8, 4) is 0 Å². The summed E-state index contributed by atoms with van der Waals surface area (Å²) in [4.78, 5) is 17.8. The highest BCUT2D eigenvalue weighted by Crippen LogP contribution is 2.61. The van der Waals surface area contributed by atoms with Gasteiger partial charge in [0.2, 0.25) is 0 Å². The van der Waals surface area contributed by atoms with Crippen molar-refractivity contribution < 1.29 is 19.8 Å². The molecule has 0 spiro atoms. The van der Waals surface area contributed by atoms with E-state index in [0.29, 0.717) is 0 Å². The summed E-state index contributed by atoms with van der Waals surface area (Å²) < 4.78 is 0. The van der Waals surface area contributed by atoms with E-state index in [4.69, 9.17) is 19.8 Å². The Bertz CT molecular complexity index is 999. The molecule has 0 aliphatic heterocycles. The average Bonchev–Trinajstić information content (AvgIpc) is 3.06. The Labute approximate surface area is 283 Å². The third-order valence-corrected chi connectivity index (χ3v) is 17.6. The zero-order chi connectivity index (χ0) is 34.7. The maximum Gasteiger partial charge on any atom is 0.111 e. The second-order valence-electron chi connectivity index (χ2n) is 11.8. The molecule has 0 saturated carbocycles. The lowest BCUT2D eigenvalue weighted by Crippen LogP contribution is -2.32. The zero-order valence-corrected chi connectivity index (χ0v) is 31.7. The highest BCUT2D eigenvalue weighted by Gasteiger charge is 2.43. The van der Waals surface area contributed by atoms with Crippen molar-refractivity contribution in [3.63, 3.8) is 0 Å². The minimum atomic E-state index is -1.53. The van der Waals surface area contributed by atoms with E-state index in [0.717, 1.165) is 20.0 Å². The van der Waals surface area contributed by atoms with Crippen LogP contribution in [0.5, 0.6) is 0 Å². The first-order valence-corrected chi connectivity index (χ1v) is 21.8. The fourth-order valence-electron chi connectivity index (χ4n) is 5.69. The van der Waals surface area contributed by atoms with Crippen molar-refractivity contribution in [3.05, 3.63) is 91.0 Å². The van der Waals surface area contributed by atoms with Gasteiger partial charge < -0.3 is 19.8 Å². The molecule has 0 heterocycles. The van der Waals surface area contributed by atoms with E-state index in [1.807, 2.05) is 0 Å². The monoisotopic (exact) mass is 668 g/mol. The molecule has 3 aromatic carbocycles. The second-order valence-corrected chi connectivity index (χ2v) is 20.0. The smallest absolute Gasteiger partial charge is 0.111 e. The van der Waals surface area contributed by atoms with Crippen molar-refractivity contribution in [2.24, 2.45) is 0 Å². The molecule has 4 nitrogen and oxygen atoms in total. The first-order chi connectivity index (χ1) is 22.1. The summed E-state index contributed by atoms with van der Waals surface area (Å²) in [6, 6.07) is 33.0. The van der Waals surface area contributed by atoms with Gasteiger partial charge in [-0.2, -0.15) is 0 Å². The molecule has 0 amide bonds. The fourth-order valence-corrected chi connectivity index (χ4v) is 15.0. The van der Waals surface area contributed by atoms with Crippen LogP contribution in [-0.2, 0) is 9.59 Å². The number of benzene rings is 3. The summed E-state index contributed by atoms with van der Waals surface area (Å²) >= 11 is 0. The van der Waals surface area contributed by atoms with Crippen LogP contribution in [0, 0.1) is 0 Å². The van der Waals surface area contributed by atoms with Crippen LogP contribution < -0.4 is 26.1 Å². The Hall–Kier alpha value is -2.54. The maximum atomic E-state index is 8.89. The highest BCUT2D eigenvalue weighted by molar-refractivity contribution is 7.95. The second kappa shape index (κ2) is 26.5. The number of aliphatic carboxylic acids is 2. The molecule has 0 saturated heterocycles. The third kappa shape index (κ3) is 17.4. The van der Waals surface area contributed by atoms with Gasteiger partial charge in [-0.05, 0) is 82.9 Å². The van der Waals surface area contributed by atoms with E-state index >= 15 is 0 Å². The predicted octanol–water partition coefficient (Wildman–Crippen LogP) is 7.72. The number of carbonyl (C=O) groups excluding carboxylic acids is 2. The minimum absolute atomic E-state index is 0.562. The van der Waals surface area contributed by atoms with Crippen LogP contribution in [0.2, 0.25) is 0 Å². The van der Waals surface area contributed by atoms with Crippen molar-refractivity contribution >= 4 is 42.4 Å². The van der Waals surface area contributed by atoms with Crippen LogP contribution >= 0.6 is 14.5 Å². The Morgan fingerprint density at radius 3 is 0.870 bits per heavy atom. The molecule has 0 bridgehead atoms. The van der Waals surface area contributed by atoms with Crippen LogP contribution in [0.4, 0.5) is 0 Å². The molecular weight excluding hydrogens is 606 g/mol. The van der Waals surface area contributed by atoms with Crippen LogP contribution in [0.3, 0.4) is 0 Å². The van der Waals surface area contributed by atoms with Crippen molar-refractivity contribution in [1.29, 1.82) is 0 Å². The molecule has 0 aromatic heterocycles. The molecule has 46 heavy (non-hydrogen) atoms. The molecule has 6 heteroatoms. The summed E-state index contributed by atoms with van der Waals surface area (Å²) in [6.07, 6.45) is 19.1. The lowest BCUT2D eigenvalue weighted by Gasteiger charge is -2.28. The van der Waals surface area contributed by atoms with Crippen LogP contribution in [0.1, 0.15) is 99.8 Å². The Morgan fingerprint density at radius 1 is 0.478 bits per heavy atom. The van der Waals surface area contributed by atoms with Gasteiger partial charge in [-0.25, -0.2) is 0 Å². The number of carboxylic acid groups (broad SMARTS) is 2. The minimum Gasteiger partial charge on any atom is -0.550 e. The molecule has 0 aliphatic rings. The van der Waals surface area contributed by atoms with E-state index in [1.165, 1.54) is 67.3 Å². The van der Waals surface area contributed by atoms with E-state index < -0.39 is 26.5 Å². The van der Waals surface area contributed by atoms with Crippen molar-refractivity contribution in [2.45, 2.75) is 99.8 Å². The van der Waals surface area contributed by atoms with Crippen LogP contribution in [0.15, 0.2) is 91.0 Å². The number of carbonyl (C=O) groups is 2. The standard InChI is InChI=1S/C20H20P.C16H36P.2C2H4O2/c1-2-21(18-12-6-3-7-13-18,19-14-8-4-9-15-19)20-16-10-5-11-17-20;1-5-9-13-17(14-10-6-2,15-11-7-3)16-12-8-4;2*1-2(3)4/h3-17H,2H2,1H3;5-16H2,1-4H3;2*1H3,(H,3,4)/q2*+1;;/p-2. The van der Waals surface area contributed by atoms with Gasteiger partial charge in [0.1, 0.15) is 23.2 Å². The summed E-state index contributed by atoms with van der Waals surface area (Å²) in [5.41, 5.74) is 0. The van der Waals surface area contributed by atoms with E-state index in [1.54, 1.807) is 24.6 Å². The number of hydrogen-bond donors (Lipinski definition) is 0. The summed E-state index contributed by atoms with van der Waals surface area (Å²) in [6.45, 7) is 13.7. The van der Waals surface area contributed by atoms with Gasteiger partial charge >= 0.3 is 0 Å². The zero-order valence-electron chi connectivity index (χ0n) is 29.9. The molecule has 0 unspecified atom stereocenters. The number of unbranched alkanes of at least 4 members (excludes halogenated alkanes) is 4. The largest absolute Gasteiger partial charge is 0.550 e. The Balaban J connectivity index is 0.000000727. The molecule has 0 aliphatic carbocycles. The molecule has 256 valence electrons. The normalized spacial score (nSPS) is 10.7. The third-order valence-electron chi connectivity index (χ3n) is 8.01. The average molecular weight is 669 g/mol. The van der Waals surface area contributed by atoms with Crippen molar-refractivity contribution in [2.75, 3.05) is 30.8 Å². The number of hydrogen-bond acceptors (Lipinski definition) is 4. The molecule has 0 radical (unpaired) electrons. The first kappa shape index (κ1) is 43.5. The number of carboxylic acids is 2. The van der Waals surface area contributed by atoms with Gasteiger partial charge in [0.15, 0.2) is 0 Å².